The van der Waals surface area contributed by atoms with Crippen LogP contribution in [-0.2, 0) is 14.3 Å². The number of carboxylic acid groups (broad SMARTS) is 1. The van der Waals surface area contributed by atoms with Gasteiger partial charge in [0, 0.05) is 12.5 Å². The predicted molar refractivity (Wildman–Crippen MR) is 121 cm³/mol. The molecule has 0 saturated carbocycles. The van der Waals surface area contributed by atoms with E-state index in [0.29, 0.717) is 6.42 Å². The van der Waals surface area contributed by atoms with E-state index in [9.17, 15) is 14.4 Å². The first-order valence-corrected chi connectivity index (χ1v) is 11.0. The highest BCUT2D eigenvalue weighted by Crippen LogP contribution is 2.44. The molecular weight excluding hydrogens is 408 g/mol. The number of rotatable bonds is 9. The lowest BCUT2D eigenvalue weighted by Gasteiger charge is -2.24. The van der Waals surface area contributed by atoms with Crippen LogP contribution in [-0.4, -0.2) is 42.3 Å². The molecule has 3 unspecified atom stereocenters. The molecule has 3 atom stereocenters. The van der Waals surface area contributed by atoms with Crippen molar-refractivity contribution in [3.05, 3.63) is 59.7 Å². The number of amides is 2. The summed E-state index contributed by atoms with van der Waals surface area (Å²) in [6.45, 7) is 5.44. The van der Waals surface area contributed by atoms with Crippen LogP contribution in [0.2, 0.25) is 0 Å². The van der Waals surface area contributed by atoms with E-state index in [0.717, 1.165) is 22.3 Å². The fourth-order valence-corrected chi connectivity index (χ4v) is 3.92. The number of carbonyl (C=O) groups excluding carboxylic acids is 2. The Bertz CT molecular complexity index is 944. The zero-order valence-corrected chi connectivity index (χ0v) is 18.6. The number of hydrogen-bond donors (Lipinski definition) is 3. The van der Waals surface area contributed by atoms with E-state index in [4.69, 9.17) is 9.84 Å². The van der Waals surface area contributed by atoms with Gasteiger partial charge in [-0.25, -0.2) is 4.79 Å². The Hall–Kier alpha value is -3.35. The standard InChI is InChI=1S/C25H30N2O5/c1-4-15(2)22(23(28)26-13-16(3)24(29)30)27-25(31)32-14-21-19-11-7-5-9-17(19)18-10-6-8-12-20(18)21/h5-12,15-16,21-22H,4,13-14H2,1-3H3,(H,26,28)(H,27,31)(H,29,30). The number of aliphatic carboxylic acids is 1. The molecule has 170 valence electrons. The number of carboxylic acids is 1. The summed E-state index contributed by atoms with van der Waals surface area (Å²) in [6.07, 6.45) is -0.00504. The largest absolute Gasteiger partial charge is 0.481 e. The predicted octanol–water partition coefficient (Wildman–Crippen LogP) is 3.78. The third-order valence-corrected chi connectivity index (χ3v) is 6.12. The van der Waals surface area contributed by atoms with Gasteiger partial charge in [-0.3, -0.25) is 9.59 Å². The van der Waals surface area contributed by atoms with E-state index >= 15 is 0 Å². The molecule has 2 aromatic rings. The molecule has 1 aliphatic carbocycles. The second-order valence-electron chi connectivity index (χ2n) is 8.32. The monoisotopic (exact) mass is 438 g/mol. The van der Waals surface area contributed by atoms with Gasteiger partial charge in [-0.15, -0.1) is 0 Å². The summed E-state index contributed by atoms with van der Waals surface area (Å²) in [5.41, 5.74) is 4.50. The summed E-state index contributed by atoms with van der Waals surface area (Å²) in [4.78, 5) is 36.2. The molecule has 0 saturated heterocycles. The molecule has 2 amide bonds. The lowest BCUT2D eigenvalue weighted by molar-refractivity contribution is -0.141. The number of carbonyl (C=O) groups is 3. The average molecular weight is 439 g/mol. The second-order valence-corrected chi connectivity index (χ2v) is 8.32. The van der Waals surface area contributed by atoms with Crippen molar-refractivity contribution in [2.24, 2.45) is 11.8 Å². The summed E-state index contributed by atoms with van der Waals surface area (Å²) in [7, 11) is 0. The van der Waals surface area contributed by atoms with Gasteiger partial charge >= 0.3 is 12.1 Å². The van der Waals surface area contributed by atoms with Crippen LogP contribution in [0.15, 0.2) is 48.5 Å². The quantitative estimate of drug-likeness (QED) is 0.553. The van der Waals surface area contributed by atoms with Crippen LogP contribution in [0.4, 0.5) is 4.79 Å². The lowest BCUT2D eigenvalue weighted by atomic mass is 9.98. The van der Waals surface area contributed by atoms with Gasteiger partial charge in [-0.2, -0.15) is 0 Å². The Morgan fingerprint density at radius 3 is 2.09 bits per heavy atom. The Morgan fingerprint density at radius 1 is 1.00 bits per heavy atom. The fourth-order valence-electron chi connectivity index (χ4n) is 3.92. The first-order valence-electron chi connectivity index (χ1n) is 11.0. The van der Waals surface area contributed by atoms with E-state index in [2.05, 4.69) is 22.8 Å². The van der Waals surface area contributed by atoms with Crippen LogP contribution < -0.4 is 10.6 Å². The van der Waals surface area contributed by atoms with Gasteiger partial charge in [-0.1, -0.05) is 75.7 Å². The third-order valence-electron chi connectivity index (χ3n) is 6.12. The molecule has 0 bridgehead atoms. The molecule has 2 aromatic carbocycles. The number of nitrogens with one attached hydrogen (secondary N) is 2. The van der Waals surface area contributed by atoms with Crippen molar-refractivity contribution >= 4 is 18.0 Å². The van der Waals surface area contributed by atoms with Gasteiger partial charge in [0.1, 0.15) is 12.6 Å². The minimum absolute atomic E-state index is 0.00648. The van der Waals surface area contributed by atoms with E-state index in [1.54, 1.807) is 0 Å². The van der Waals surface area contributed by atoms with Crippen molar-refractivity contribution in [1.29, 1.82) is 0 Å². The van der Waals surface area contributed by atoms with Gasteiger partial charge < -0.3 is 20.5 Å². The maximum Gasteiger partial charge on any atom is 0.407 e. The molecule has 3 N–H and O–H groups in total. The van der Waals surface area contributed by atoms with E-state index in [1.165, 1.54) is 6.92 Å². The van der Waals surface area contributed by atoms with Gasteiger partial charge in [0.2, 0.25) is 5.91 Å². The van der Waals surface area contributed by atoms with Crippen molar-refractivity contribution in [1.82, 2.24) is 10.6 Å². The molecule has 1 aliphatic rings. The van der Waals surface area contributed by atoms with Gasteiger partial charge in [-0.05, 0) is 28.2 Å². The Morgan fingerprint density at radius 2 is 1.56 bits per heavy atom. The first kappa shape index (κ1) is 23.3. The smallest absolute Gasteiger partial charge is 0.407 e. The highest BCUT2D eigenvalue weighted by atomic mass is 16.5. The van der Waals surface area contributed by atoms with Crippen LogP contribution >= 0.6 is 0 Å². The summed E-state index contributed by atoms with van der Waals surface area (Å²) >= 11 is 0. The Balaban J connectivity index is 1.64. The molecule has 3 rings (SSSR count). The topological polar surface area (TPSA) is 105 Å². The number of hydrogen-bond acceptors (Lipinski definition) is 4. The maximum atomic E-state index is 12.6. The van der Waals surface area contributed by atoms with Crippen LogP contribution in [0.1, 0.15) is 44.2 Å². The van der Waals surface area contributed by atoms with Crippen LogP contribution in [0, 0.1) is 11.8 Å². The molecule has 7 nitrogen and oxygen atoms in total. The number of benzene rings is 2. The highest BCUT2D eigenvalue weighted by Gasteiger charge is 2.31. The fraction of sp³-hybridized carbons (Fsp3) is 0.400. The molecular formula is C25H30N2O5. The summed E-state index contributed by atoms with van der Waals surface area (Å²) in [5.74, 6) is -2.34. The zero-order valence-electron chi connectivity index (χ0n) is 18.6. The van der Waals surface area contributed by atoms with Crippen molar-refractivity contribution in [3.8, 4) is 11.1 Å². The van der Waals surface area contributed by atoms with Crippen molar-refractivity contribution < 1.29 is 24.2 Å². The molecule has 7 heteroatoms. The number of fused-ring (bicyclic) bond motifs is 3. The number of alkyl carbamates (subject to hydrolysis) is 1. The zero-order chi connectivity index (χ0) is 23.3. The molecule has 0 aliphatic heterocycles. The molecule has 0 radical (unpaired) electrons. The third kappa shape index (κ3) is 5.10. The second kappa shape index (κ2) is 10.3. The Labute approximate surface area is 188 Å². The summed E-state index contributed by atoms with van der Waals surface area (Å²) in [5, 5.41) is 14.3. The highest BCUT2D eigenvalue weighted by molar-refractivity contribution is 5.86. The van der Waals surface area contributed by atoms with E-state index < -0.39 is 29.9 Å². The van der Waals surface area contributed by atoms with Gasteiger partial charge in [0.15, 0.2) is 0 Å². The van der Waals surface area contributed by atoms with E-state index in [1.807, 2.05) is 50.2 Å². The van der Waals surface area contributed by atoms with Gasteiger partial charge in [0.25, 0.3) is 0 Å². The van der Waals surface area contributed by atoms with Crippen molar-refractivity contribution in [2.75, 3.05) is 13.2 Å². The number of ether oxygens (including phenoxy) is 1. The first-order chi connectivity index (χ1) is 15.3. The van der Waals surface area contributed by atoms with Crippen LogP contribution in [0.3, 0.4) is 0 Å². The minimum Gasteiger partial charge on any atom is -0.481 e. The van der Waals surface area contributed by atoms with Crippen LogP contribution in [0.5, 0.6) is 0 Å². The molecule has 0 aromatic heterocycles. The van der Waals surface area contributed by atoms with Crippen molar-refractivity contribution in [2.45, 2.75) is 39.2 Å². The SMILES string of the molecule is CCC(C)C(NC(=O)OCC1c2ccccc2-c2ccccc21)C(=O)NCC(C)C(=O)O. The average Bonchev–Trinajstić information content (AvgIpc) is 3.12. The maximum absolute atomic E-state index is 12.6. The molecule has 32 heavy (non-hydrogen) atoms. The molecule has 0 heterocycles. The molecule has 0 spiro atoms. The van der Waals surface area contributed by atoms with Gasteiger partial charge in [0.05, 0.1) is 5.92 Å². The van der Waals surface area contributed by atoms with Crippen LogP contribution in [0.25, 0.3) is 11.1 Å². The normalized spacial score (nSPS) is 15.1. The molecule has 0 fully saturated rings. The van der Waals surface area contributed by atoms with E-state index in [-0.39, 0.29) is 25.0 Å². The minimum atomic E-state index is -0.991. The van der Waals surface area contributed by atoms with Crippen molar-refractivity contribution in [3.63, 3.8) is 0 Å². The summed E-state index contributed by atoms with van der Waals surface area (Å²) < 4.78 is 5.55. The lowest BCUT2D eigenvalue weighted by Crippen LogP contribution is -2.51. The Kier molecular flexibility index (Phi) is 7.51. The summed E-state index contributed by atoms with van der Waals surface area (Å²) in [6, 6.07) is 15.3.